The van der Waals surface area contributed by atoms with Crippen molar-refractivity contribution in [2.45, 2.75) is 12.3 Å². The van der Waals surface area contributed by atoms with Gasteiger partial charge in [0.2, 0.25) is 0 Å². The summed E-state index contributed by atoms with van der Waals surface area (Å²) in [5.74, 6) is -1.77. The van der Waals surface area contributed by atoms with Crippen molar-refractivity contribution in [3.8, 4) is 22.3 Å². The van der Waals surface area contributed by atoms with Gasteiger partial charge in [0.25, 0.3) is 0 Å². The highest BCUT2D eigenvalue weighted by atomic mass is 16.5. The van der Waals surface area contributed by atoms with Gasteiger partial charge in [-0.05, 0) is 45.4 Å². The van der Waals surface area contributed by atoms with E-state index in [1.807, 2.05) is 78.9 Å². The molecular formula is C31H27NO4. The first-order valence-corrected chi connectivity index (χ1v) is 12.1. The monoisotopic (exact) mass is 477 g/mol. The molecule has 0 radical (unpaired) electrons. The molecule has 1 aliphatic carbocycles. The maximum atomic E-state index is 12.5. The second-order valence-corrected chi connectivity index (χ2v) is 9.01. The van der Waals surface area contributed by atoms with Gasteiger partial charge in [-0.3, -0.25) is 4.79 Å². The smallest absolute Gasteiger partial charge is 0.407 e. The van der Waals surface area contributed by atoms with Gasteiger partial charge >= 0.3 is 12.1 Å². The Balaban J connectivity index is 1.20. The predicted molar refractivity (Wildman–Crippen MR) is 140 cm³/mol. The van der Waals surface area contributed by atoms with Crippen molar-refractivity contribution in [2.24, 2.45) is 5.92 Å². The maximum Gasteiger partial charge on any atom is 0.407 e. The molecule has 1 amide bonds. The number of nitrogens with one attached hydrogen (secondary N) is 1. The zero-order valence-electron chi connectivity index (χ0n) is 19.8. The van der Waals surface area contributed by atoms with Gasteiger partial charge in [-0.1, -0.05) is 103 Å². The number of hydrogen-bond donors (Lipinski definition) is 2. The Bertz CT molecular complexity index is 1340. The molecule has 5 heteroatoms. The van der Waals surface area contributed by atoms with Crippen molar-refractivity contribution in [1.29, 1.82) is 0 Å². The van der Waals surface area contributed by atoms with Crippen LogP contribution in [0.1, 0.15) is 22.6 Å². The van der Waals surface area contributed by atoms with Crippen molar-refractivity contribution in [1.82, 2.24) is 5.32 Å². The van der Waals surface area contributed by atoms with Crippen molar-refractivity contribution in [3.05, 3.63) is 120 Å². The summed E-state index contributed by atoms with van der Waals surface area (Å²) in [5.41, 5.74) is 7.58. The third-order valence-electron chi connectivity index (χ3n) is 6.70. The average Bonchev–Trinajstić information content (AvgIpc) is 3.24. The van der Waals surface area contributed by atoms with Crippen LogP contribution >= 0.6 is 0 Å². The van der Waals surface area contributed by atoms with Crippen LogP contribution < -0.4 is 5.32 Å². The second-order valence-electron chi connectivity index (χ2n) is 9.01. The lowest BCUT2D eigenvalue weighted by atomic mass is 9.96. The predicted octanol–water partition coefficient (Wildman–Crippen LogP) is 6.14. The summed E-state index contributed by atoms with van der Waals surface area (Å²) in [5, 5.41) is 12.4. The number of amides is 1. The fourth-order valence-corrected chi connectivity index (χ4v) is 4.90. The molecule has 0 aliphatic heterocycles. The molecule has 180 valence electrons. The largest absolute Gasteiger partial charge is 0.481 e. The molecule has 0 spiro atoms. The minimum absolute atomic E-state index is 0.0123. The van der Waals surface area contributed by atoms with Crippen LogP contribution in [0.2, 0.25) is 0 Å². The van der Waals surface area contributed by atoms with E-state index in [1.165, 1.54) is 0 Å². The lowest BCUT2D eigenvalue weighted by Gasteiger charge is -2.17. The molecule has 0 bridgehead atoms. The molecule has 0 unspecified atom stereocenters. The lowest BCUT2D eigenvalue weighted by molar-refractivity contribution is -0.141. The Hall–Kier alpha value is -4.38. The summed E-state index contributed by atoms with van der Waals surface area (Å²) < 4.78 is 5.55. The van der Waals surface area contributed by atoms with E-state index in [9.17, 15) is 14.7 Å². The number of carbonyl (C=O) groups excluding carboxylic acids is 1. The summed E-state index contributed by atoms with van der Waals surface area (Å²) in [6.07, 6.45) is -0.305. The van der Waals surface area contributed by atoms with Gasteiger partial charge in [0.1, 0.15) is 6.61 Å². The Kier molecular flexibility index (Phi) is 6.80. The number of carboxylic acid groups (broad SMARTS) is 1. The minimum atomic E-state index is -0.959. The third-order valence-corrected chi connectivity index (χ3v) is 6.70. The summed E-state index contributed by atoms with van der Waals surface area (Å²) in [6, 6.07) is 34.1. The van der Waals surface area contributed by atoms with Crippen molar-refractivity contribution < 1.29 is 19.4 Å². The molecule has 0 heterocycles. The van der Waals surface area contributed by atoms with Crippen LogP contribution in [-0.4, -0.2) is 30.3 Å². The van der Waals surface area contributed by atoms with Gasteiger partial charge in [0.05, 0.1) is 5.92 Å². The number of benzene rings is 4. The van der Waals surface area contributed by atoms with Crippen LogP contribution in [0, 0.1) is 5.92 Å². The van der Waals surface area contributed by atoms with Crippen LogP contribution in [0.15, 0.2) is 103 Å². The Labute approximate surface area is 210 Å². The van der Waals surface area contributed by atoms with Gasteiger partial charge < -0.3 is 15.2 Å². The molecule has 5 rings (SSSR count). The summed E-state index contributed by atoms with van der Waals surface area (Å²) in [7, 11) is 0. The second kappa shape index (κ2) is 10.5. The normalized spacial score (nSPS) is 12.9. The molecule has 0 saturated heterocycles. The van der Waals surface area contributed by atoms with Gasteiger partial charge in [-0.25, -0.2) is 4.79 Å². The van der Waals surface area contributed by atoms with Gasteiger partial charge in [0.15, 0.2) is 0 Å². The quantitative estimate of drug-likeness (QED) is 0.320. The van der Waals surface area contributed by atoms with E-state index < -0.39 is 18.0 Å². The first-order valence-electron chi connectivity index (χ1n) is 12.1. The molecule has 36 heavy (non-hydrogen) atoms. The first kappa shape index (κ1) is 23.4. The van der Waals surface area contributed by atoms with E-state index in [-0.39, 0.29) is 19.1 Å². The highest BCUT2D eigenvalue weighted by Crippen LogP contribution is 2.44. The van der Waals surface area contributed by atoms with Gasteiger partial charge in [-0.15, -0.1) is 0 Å². The van der Waals surface area contributed by atoms with E-state index in [4.69, 9.17) is 4.74 Å². The van der Waals surface area contributed by atoms with Gasteiger partial charge in [0, 0.05) is 12.5 Å². The number of carbonyl (C=O) groups is 2. The number of fused-ring (bicyclic) bond motifs is 3. The zero-order valence-corrected chi connectivity index (χ0v) is 19.8. The lowest BCUT2D eigenvalue weighted by Crippen LogP contribution is -2.35. The van der Waals surface area contributed by atoms with Gasteiger partial charge in [-0.2, -0.15) is 0 Å². The van der Waals surface area contributed by atoms with E-state index in [0.717, 1.165) is 38.9 Å². The highest BCUT2D eigenvalue weighted by Gasteiger charge is 2.29. The molecule has 1 atom stereocenters. The minimum Gasteiger partial charge on any atom is -0.481 e. The first-order chi connectivity index (χ1) is 17.6. The van der Waals surface area contributed by atoms with Crippen LogP contribution in [0.3, 0.4) is 0 Å². The summed E-state index contributed by atoms with van der Waals surface area (Å²) in [6.45, 7) is 0.179. The van der Waals surface area contributed by atoms with Crippen molar-refractivity contribution in [2.75, 3.05) is 13.2 Å². The van der Waals surface area contributed by atoms with Crippen LogP contribution in [0.25, 0.3) is 22.3 Å². The van der Waals surface area contributed by atoms with E-state index in [1.54, 1.807) is 0 Å². The molecular weight excluding hydrogens is 450 g/mol. The highest BCUT2D eigenvalue weighted by molar-refractivity contribution is 5.79. The number of carboxylic acids is 1. The average molecular weight is 478 g/mol. The number of rotatable bonds is 8. The van der Waals surface area contributed by atoms with Crippen LogP contribution in [-0.2, 0) is 16.0 Å². The molecule has 1 aliphatic rings. The fourth-order valence-electron chi connectivity index (χ4n) is 4.90. The molecule has 5 nitrogen and oxygen atoms in total. The molecule has 2 N–H and O–H groups in total. The molecule has 4 aromatic carbocycles. The van der Waals surface area contributed by atoms with Crippen LogP contribution in [0.4, 0.5) is 4.79 Å². The SMILES string of the molecule is O=C(NC[C@@H](Cc1cccc(-c2ccccc2)c1)C(=O)O)OCC1c2ccccc2-c2ccccc21. The Morgan fingerprint density at radius 3 is 2.06 bits per heavy atom. The standard InChI is InChI=1S/C31H27NO4/c33-30(34)24(18-21-9-8-12-23(17-21)22-10-2-1-3-11-22)19-32-31(35)36-20-29-27-15-6-4-13-25(27)26-14-5-7-16-28(26)29/h1-17,24,29H,18-20H2,(H,32,35)(H,33,34)/t24-/m1/s1. The molecule has 0 fully saturated rings. The summed E-state index contributed by atoms with van der Waals surface area (Å²) in [4.78, 5) is 24.4. The van der Waals surface area contributed by atoms with E-state index in [2.05, 4.69) is 29.6 Å². The van der Waals surface area contributed by atoms with E-state index in [0.29, 0.717) is 6.42 Å². The topological polar surface area (TPSA) is 75.6 Å². The summed E-state index contributed by atoms with van der Waals surface area (Å²) >= 11 is 0. The Morgan fingerprint density at radius 1 is 0.778 bits per heavy atom. The van der Waals surface area contributed by atoms with Crippen LogP contribution in [0.5, 0.6) is 0 Å². The van der Waals surface area contributed by atoms with Crippen molar-refractivity contribution >= 4 is 12.1 Å². The fraction of sp³-hybridized carbons (Fsp3) is 0.161. The number of ether oxygens (including phenoxy) is 1. The number of hydrogen-bond acceptors (Lipinski definition) is 3. The number of alkyl carbamates (subject to hydrolysis) is 1. The Morgan fingerprint density at radius 2 is 1.39 bits per heavy atom. The third kappa shape index (κ3) is 5.01. The van der Waals surface area contributed by atoms with Crippen molar-refractivity contribution in [3.63, 3.8) is 0 Å². The van der Waals surface area contributed by atoms with E-state index >= 15 is 0 Å². The maximum absolute atomic E-state index is 12.5. The number of aliphatic carboxylic acids is 1. The zero-order chi connectivity index (χ0) is 24.9. The molecule has 0 saturated carbocycles. The molecule has 0 aromatic heterocycles. The molecule has 4 aromatic rings.